The van der Waals surface area contributed by atoms with Crippen LogP contribution in [0.5, 0.6) is 5.75 Å². The largest absolute Gasteiger partial charge is 0.497 e. The van der Waals surface area contributed by atoms with Crippen molar-refractivity contribution in [2.45, 2.75) is 6.54 Å². The Balaban J connectivity index is 1.92. The predicted octanol–water partition coefficient (Wildman–Crippen LogP) is 3.72. The van der Waals surface area contributed by atoms with Crippen LogP contribution in [0.1, 0.15) is 5.56 Å². The first kappa shape index (κ1) is 17.8. The average molecular weight is 356 g/mol. The van der Waals surface area contributed by atoms with Crippen molar-refractivity contribution >= 4 is 28.6 Å². The lowest BCUT2D eigenvalue weighted by Crippen LogP contribution is -2.13. The molecule has 0 spiro atoms. The maximum atomic E-state index is 12.5. The number of fused-ring (bicyclic) bond motifs is 1. The topological polar surface area (TPSA) is 90.8 Å². The molecule has 1 heterocycles. The zero-order valence-corrected chi connectivity index (χ0v) is 14.6. The first-order valence-electron chi connectivity index (χ1n) is 8.18. The Morgan fingerprint density at radius 1 is 1.19 bits per heavy atom. The Morgan fingerprint density at radius 2 is 1.93 bits per heavy atom. The number of nitrogens with one attached hydrogen (secondary N) is 1. The minimum Gasteiger partial charge on any atom is -0.497 e. The Hall–Kier alpha value is -4.03. The fourth-order valence-electron chi connectivity index (χ4n) is 2.77. The van der Waals surface area contributed by atoms with Crippen molar-refractivity contribution in [3.05, 3.63) is 65.9 Å². The highest BCUT2D eigenvalue weighted by molar-refractivity contribution is 6.10. The summed E-state index contributed by atoms with van der Waals surface area (Å²) in [6.07, 6.45) is 3.31. The van der Waals surface area contributed by atoms with Gasteiger partial charge in [-0.05, 0) is 36.4 Å². The first-order valence-corrected chi connectivity index (χ1v) is 8.18. The van der Waals surface area contributed by atoms with E-state index >= 15 is 0 Å². The van der Waals surface area contributed by atoms with Crippen LogP contribution in [-0.4, -0.2) is 17.6 Å². The van der Waals surface area contributed by atoms with E-state index in [9.17, 15) is 10.1 Å². The summed E-state index contributed by atoms with van der Waals surface area (Å²) in [5.41, 5.74) is 2.12. The summed E-state index contributed by atoms with van der Waals surface area (Å²) >= 11 is 0. The summed E-state index contributed by atoms with van der Waals surface area (Å²) in [7, 11) is 1.56. The third kappa shape index (κ3) is 3.81. The summed E-state index contributed by atoms with van der Waals surface area (Å²) in [5.74, 6) is 0.175. The van der Waals surface area contributed by atoms with Crippen molar-refractivity contribution in [3.63, 3.8) is 0 Å². The van der Waals surface area contributed by atoms with Gasteiger partial charge >= 0.3 is 0 Å². The fraction of sp³-hybridized carbons (Fsp3) is 0.0952. The highest BCUT2D eigenvalue weighted by Gasteiger charge is 2.12. The summed E-state index contributed by atoms with van der Waals surface area (Å²) in [4.78, 5) is 12.5. The minimum atomic E-state index is -0.500. The van der Waals surface area contributed by atoms with E-state index in [1.165, 1.54) is 6.08 Å². The van der Waals surface area contributed by atoms with E-state index in [4.69, 9.17) is 10.00 Å². The molecular formula is C21H16N4O2. The zero-order chi connectivity index (χ0) is 19.2. The van der Waals surface area contributed by atoms with Crippen molar-refractivity contribution in [1.82, 2.24) is 4.57 Å². The van der Waals surface area contributed by atoms with Crippen LogP contribution >= 0.6 is 0 Å². The van der Waals surface area contributed by atoms with Crippen LogP contribution in [0, 0.1) is 22.7 Å². The number of benzene rings is 2. The van der Waals surface area contributed by atoms with Gasteiger partial charge in [0, 0.05) is 28.4 Å². The number of anilines is 1. The van der Waals surface area contributed by atoms with Gasteiger partial charge in [-0.15, -0.1) is 0 Å². The van der Waals surface area contributed by atoms with E-state index in [2.05, 4.69) is 11.4 Å². The van der Waals surface area contributed by atoms with Gasteiger partial charge in [0.1, 0.15) is 23.9 Å². The molecule has 1 N–H and O–H groups in total. The Kier molecular flexibility index (Phi) is 5.20. The van der Waals surface area contributed by atoms with Gasteiger partial charge in [0.2, 0.25) is 0 Å². The van der Waals surface area contributed by atoms with Crippen molar-refractivity contribution in [2.24, 2.45) is 0 Å². The number of ether oxygens (including phenoxy) is 1. The fourth-order valence-corrected chi connectivity index (χ4v) is 2.77. The molecule has 0 saturated heterocycles. The molecule has 0 aliphatic carbocycles. The molecule has 1 amide bonds. The Labute approximate surface area is 156 Å². The number of methoxy groups -OCH3 is 1. The maximum Gasteiger partial charge on any atom is 0.266 e. The molecule has 3 rings (SSSR count). The van der Waals surface area contributed by atoms with Gasteiger partial charge in [0.05, 0.1) is 13.2 Å². The number of aromatic nitrogens is 1. The average Bonchev–Trinajstić information content (AvgIpc) is 3.04. The van der Waals surface area contributed by atoms with Gasteiger partial charge in [-0.1, -0.05) is 18.2 Å². The second-order valence-electron chi connectivity index (χ2n) is 5.74. The molecule has 0 fully saturated rings. The van der Waals surface area contributed by atoms with Crippen molar-refractivity contribution in [3.8, 4) is 17.9 Å². The van der Waals surface area contributed by atoms with Crippen LogP contribution in [0.4, 0.5) is 5.69 Å². The van der Waals surface area contributed by atoms with Crippen LogP contribution in [0.3, 0.4) is 0 Å². The molecular weight excluding hydrogens is 340 g/mol. The Morgan fingerprint density at radius 3 is 2.59 bits per heavy atom. The smallest absolute Gasteiger partial charge is 0.266 e. The molecule has 0 atom stereocenters. The molecule has 132 valence electrons. The molecule has 0 unspecified atom stereocenters. The van der Waals surface area contributed by atoms with E-state index in [-0.39, 0.29) is 12.1 Å². The SMILES string of the molecule is COc1ccc(NC(=O)/C(C#N)=C\c2cn(CC#N)c3ccccc23)cc1. The quantitative estimate of drug-likeness (QED) is 0.557. The highest BCUT2D eigenvalue weighted by Crippen LogP contribution is 2.24. The maximum absolute atomic E-state index is 12.5. The summed E-state index contributed by atoms with van der Waals surface area (Å²) in [6.45, 7) is 0.189. The molecule has 6 heteroatoms. The number of rotatable bonds is 5. The lowest BCUT2D eigenvalue weighted by Gasteiger charge is -2.05. The Bertz CT molecular complexity index is 1100. The second-order valence-corrected chi connectivity index (χ2v) is 5.74. The van der Waals surface area contributed by atoms with Gasteiger partial charge in [-0.25, -0.2) is 0 Å². The number of carbonyl (C=O) groups excluding carboxylic acids is 1. The summed E-state index contributed by atoms with van der Waals surface area (Å²) in [5, 5.41) is 22.0. The van der Waals surface area contributed by atoms with Crippen LogP contribution in [0.25, 0.3) is 17.0 Å². The van der Waals surface area contributed by atoms with E-state index in [0.29, 0.717) is 17.0 Å². The molecule has 6 nitrogen and oxygen atoms in total. The molecule has 3 aromatic rings. The van der Waals surface area contributed by atoms with Crippen LogP contribution in [0.15, 0.2) is 60.3 Å². The number of nitrogens with zero attached hydrogens (tertiary/aromatic N) is 3. The molecule has 27 heavy (non-hydrogen) atoms. The number of hydrogen-bond donors (Lipinski definition) is 1. The normalized spacial score (nSPS) is 10.9. The van der Waals surface area contributed by atoms with Crippen LogP contribution < -0.4 is 10.1 Å². The number of para-hydroxylation sites is 1. The molecule has 0 aliphatic rings. The van der Waals surface area contributed by atoms with Crippen LogP contribution in [0.2, 0.25) is 0 Å². The second kappa shape index (κ2) is 7.90. The number of carbonyl (C=O) groups is 1. The number of amides is 1. The highest BCUT2D eigenvalue weighted by atomic mass is 16.5. The summed E-state index contributed by atoms with van der Waals surface area (Å²) in [6, 6.07) is 18.4. The third-order valence-corrected chi connectivity index (χ3v) is 4.07. The molecule has 2 aromatic carbocycles. The van der Waals surface area contributed by atoms with Crippen molar-refractivity contribution in [2.75, 3.05) is 12.4 Å². The van der Waals surface area contributed by atoms with Gasteiger partial charge in [0.15, 0.2) is 0 Å². The van der Waals surface area contributed by atoms with E-state index in [1.54, 1.807) is 42.1 Å². The molecule has 0 saturated carbocycles. The third-order valence-electron chi connectivity index (χ3n) is 4.07. The van der Waals surface area contributed by atoms with Gasteiger partial charge in [0.25, 0.3) is 5.91 Å². The number of nitriles is 2. The van der Waals surface area contributed by atoms with Crippen molar-refractivity contribution in [1.29, 1.82) is 10.5 Å². The lowest BCUT2D eigenvalue weighted by molar-refractivity contribution is -0.112. The zero-order valence-electron chi connectivity index (χ0n) is 14.6. The molecule has 0 radical (unpaired) electrons. The lowest BCUT2D eigenvalue weighted by atomic mass is 10.1. The molecule has 0 bridgehead atoms. The van der Waals surface area contributed by atoms with Crippen molar-refractivity contribution < 1.29 is 9.53 Å². The summed E-state index contributed by atoms with van der Waals surface area (Å²) < 4.78 is 6.87. The van der Waals surface area contributed by atoms with E-state index in [1.807, 2.05) is 30.3 Å². The van der Waals surface area contributed by atoms with E-state index in [0.717, 1.165) is 10.9 Å². The predicted molar refractivity (Wildman–Crippen MR) is 103 cm³/mol. The minimum absolute atomic E-state index is 0.0225. The molecule has 1 aromatic heterocycles. The first-order chi connectivity index (χ1) is 13.2. The van der Waals surface area contributed by atoms with Gasteiger partial charge in [-0.3, -0.25) is 4.79 Å². The monoisotopic (exact) mass is 356 g/mol. The number of hydrogen-bond acceptors (Lipinski definition) is 4. The van der Waals surface area contributed by atoms with Gasteiger partial charge < -0.3 is 14.6 Å². The van der Waals surface area contributed by atoms with Crippen LogP contribution in [-0.2, 0) is 11.3 Å². The molecule has 0 aliphatic heterocycles. The van der Waals surface area contributed by atoms with Gasteiger partial charge in [-0.2, -0.15) is 10.5 Å². The standard InChI is InChI=1S/C21H16N4O2/c1-27-18-8-6-17(7-9-18)24-21(26)15(13-23)12-16-14-25(11-10-22)20-5-3-2-4-19(16)20/h2-9,12,14H,11H2,1H3,(H,24,26)/b15-12-. The van der Waals surface area contributed by atoms with E-state index < -0.39 is 5.91 Å².